The molecule has 5 heteroatoms. The number of amides is 1. The first-order valence-electron chi connectivity index (χ1n) is 5.05. The number of thioether (sulfide) groups is 1. The first-order valence-corrected chi connectivity index (χ1v) is 6.21. The monoisotopic (exact) mass is 216 g/mol. The zero-order valence-electron chi connectivity index (χ0n) is 8.11. The second-order valence-corrected chi connectivity index (χ2v) is 4.81. The second kappa shape index (κ2) is 4.51. The van der Waals surface area contributed by atoms with Crippen LogP contribution in [0.1, 0.15) is 12.8 Å². The summed E-state index contributed by atoms with van der Waals surface area (Å²) in [4.78, 5) is 13.8. The molecule has 2 atom stereocenters. The number of nitrogens with one attached hydrogen (secondary N) is 1. The van der Waals surface area contributed by atoms with E-state index in [9.17, 15) is 4.79 Å². The van der Waals surface area contributed by atoms with Gasteiger partial charge in [0.25, 0.3) is 0 Å². The lowest BCUT2D eigenvalue weighted by Crippen LogP contribution is -2.47. The number of aliphatic hydroxyl groups is 1. The van der Waals surface area contributed by atoms with E-state index in [0.717, 1.165) is 31.0 Å². The summed E-state index contributed by atoms with van der Waals surface area (Å²) < 4.78 is 0. The Morgan fingerprint density at radius 2 is 2.50 bits per heavy atom. The zero-order chi connectivity index (χ0) is 9.97. The van der Waals surface area contributed by atoms with E-state index in [0.29, 0.717) is 0 Å². The third-order valence-corrected chi connectivity index (χ3v) is 3.83. The third-order valence-electron chi connectivity index (χ3n) is 2.89. The maximum Gasteiger partial charge on any atom is 0.240 e. The number of likely N-dealkylation sites (tertiary alicyclic amines) is 1. The summed E-state index contributed by atoms with van der Waals surface area (Å²) in [6.45, 7) is 0.915. The molecular weight excluding hydrogens is 200 g/mol. The van der Waals surface area contributed by atoms with Crippen LogP contribution in [0.2, 0.25) is 0 Å². The van der Waals surface area contributed by atoms with Gasteiger partial charge in [-0.25, -0.2) is 0 Å². The van der Waals surface area contributed by atoms with Crippen LogP contribution in [-0.2, 0) is 4.79 Å². The molecule has 2 unspecified atom stereocenters. The highest BCUT2D eigenvalue weighted by Gasteiger charge is 2.33. The van der Waals surface area contributed by atoms with E-state index in [2.05, 4.69) is 5.32 Å². The highest BCUT2D eigenvalue weighted by molar-refractivity contribution is 7.99. The molecule has 0 spiro atoms. The highest BCUT2D eigenvalue weighted by Crippen LogP contribution is 2.20. The number of carbonyl (C=O) groups excluding carboxylic acids is 1. The summed E-state index contributed by atoms with van der Waals surface area (Å²) in [6, 6.07) is 0.0436. The number of hydrogen-bond donors (Lipinski definition) is 2. The molecule has 2 heterocycles. The Kier molecular flexibility index (Phi) is 3.30. The molecule has 2 aliphatic rings. The molecule has 1 amide bonds. The summed E-state index contributed by atoms with van der Waals surface area (Å²) >= 11 is 1.76. The van der Waals surface area contributed by atoms with Crippen LogP contribution in [0.4, 0.5) is 0 Å². The van der Waals surface area contributed by atoms with Crippen LogP contribution in [0.15, 0.2) is 0 Å². The molecule has 0 radical (unpaired) electrons. The van der Waals surface area contributed by atoms with Crippen LogP contribution in [-0.4, -0.2) is 52.8 Å². The predicted octanol–water partition coefficient (Wildman–Crippen LogP) is -0.368. The first kappa shape index (κ1) is 10.3. The van der Waals surface area contributed by atoms with Gasteiger partial charge in [-0.2, -0.15) is 0 Å². The molecule has 14 heavy (non-hydrogen) atoms. The Balaban J connectivity index is 1.95. The Hall–Kier alpha value is -0.260. The molecule has 0 aromatic carbocycles. The number of carbonyl (C=O) groups is 1. The summed E-state index contributed by atoms with van der Waals surface area (Å²) in [5.74, 6) is 1.91. The van der Waals surface area contributed by atoms with Crippen molar-refractivity contribution in [1.29, 1.82) is 0 Å². The topological polar surface area (TPSA) is 52.6 Å². The van der Waals surface area contributed by atoms with E-state index in [1.165, 1.54) is 0 Å². The van der Waals surface area contributed by atoms with Gasteiger partial charge in [0, 0.05) is 18.2 Å². The lowest BCUT2D eigenvalue weighted by atomic mass is 10.2. The molecule has 80 valence electrons. The fourth-order valence-corrected chi connectivity index (χ4v) is 3.00. The van der Waals surface area contributed by atoms with Crippen molar-refractivity contribution in [2.75, 3.05) is 24.8 Å². The summed E-state index contributed by atoms with van der Waals surface area (Å²) in [5, 5.41) is 12.3. The average molecular weight is 216 g/mol. The largest absolute Gasteiger partial charge is 0.394 e. The quantitative estimate of drug-likeness (QED) is 0.661. The fourth-order valence-electron chi connectivity index (χ4n) is 2.07. The minimum atomic E-state index is -0.0212. The maximum atomic E-state index is 12.0. The minimum absolute atomic E-state index is 0.0212. The number of hydrogen-bond acceptors (Lipinski definition) is 4. The first-order chi connectivity index (χ1) is 6.83. The van der Waals surface area contributed by atoms with Crippen molar-refractivity contribution >= 4 is 17.7 Å². The molecule has 4 nitrogen and oxygen atoms in total. The van der Waals surface area contributed by atoms with Gasteiger partial charge >= 0.3 is 0 Å². The maximum absolute atomic E-state index is 12.0. The molecular formula is C9H16N2O2S. The van der Waals surface area contributed by atoms with Gasteiger partial charge in [0.15, 0.2) is 0 Å². The van der Waals surface area contributed by atoms with Crippen molar-refractivity contribution in [2.24, 2.45) is 0 Å². The number of aliphatic hydroxyl groups excluding tert-OH is 1. The Morgan fingerprint density at radius 1 is 1.64 bits per heavy atom. The van der Waals surface area contributed by atoms with E-state index in [-0.39, 0.29) is 24.6 Å². The van der Waals surface area contributed by atoms with Gasteiger partial charge in [-0.15, -0.1) is 11.8 Å². The minimum Gasteiger partial charge on any atom is -0.394 e. The molecule has 0 aromatic heterocycles. The van der Waals surface area contributed by atoms with Crippen molar-refractivity contribution in [3.63, 3.8) is 0 Å². The van der Waals surface area contributed by atoms with Gasteiger partial charge < -0.3 is 10.0 Å². The Labute approximate surface area is 88.0 Å². The molecule has 2 saturated heterocycles. The molecule has 2 fully saturated rings. The molecule has 0 saturated carbocycles. The summed E-state index contributed by atoms with van der Waals surface area (Å²) in [7, 11) is 0. The molecule has 0 aliphatic carbocycles. The van der Waals surface area contributed by atoms with Crippen LogP contribution in [0.3, 0.4) is 0 Å². The molecule has 0 bridgehead atoms. The normalized spacial score (nSPS) is 32.5. The molecule has 2 rings (SSSR count). The van der Waals surface area contributed by atoms with Gasteiger partial charge in [0.1, 0.15) is 0 Å². The van der Waals surface area contributed by atoms with Crippen LogP contribution in [0.5, 0.6) is 0 Å². The number of nitrogens with zero attached hydrogens (tertiary/aromatic N) is 1. The summed E-state index contributed by atoms with van der Waals surface area (Å²) in [5.41, 5.74) is 0. The van der Waals surface area contributed by atoms with Gasteiger partial charge in [0.05, 0.1) is 18.7 Å². The lowest BCUT2D eigenvalue weighted by molar-refractivity contribution is -0.134. The predicted molar refractivity (Wildman–Crippen MR) is 56.1 cm³/mol. The summed E-state index contributed by atoms with van der Waals surface area (Å²) in [6.07, 6.45) is 1.97. The average Bonchev–Trinajstić information content (AvgIpc) is 2.87. The fraction of sp³-hybridized carbons (Fsp3) is 0.889. The van der Waals surface area contributed by atoms with Crippen molar-refractivity contribution in [2.45, 2.75) is 24.9 Å². The Morgan fingerprint density at radius 3 is 3.14 bits per heavy atom. The SMILES string of the molecule is O=C(C1CSCN1)N1CCCC1CO. The van der Waals surface area contributed by atoms with Gasteiger partial charge in [-0.3, -0.25) is 10.1 Å². The molecule has 0 aromatic rings. The van der Waals surface area contributed by atoms with E-state index >= 15 is 0 Å². The van der Waals surface area contributed by atoms with Crippen LogP contribution in [0, 0.1) is 0 Å². The van der Waals surface area contributed by atoms with Crippen LogP contribution < -0.4 is 5.32 Å². The zero-order valence-corrected chi connectivity index (χ0v) is 8.92. The van der Waals surface area contributed by atoms with Gasteiger partial charge in [-0.05, 0) is 12.8 Å². The molecule has 2 N–H and O–H groups in total. The van der Waals surface area contributed by atoms with Crippen molar-refractivity contribution in [1.82, 2.24) is 10.2 Å². The van der Waals surface area contributed by atoms with Crippen molar-refractivity contribution in [3.8, 4) is 0 Å². The van der Waals surface area contributed by atoms with Gasteiger partial charge in [-0.1, -0.05) is 0 Å². The highest BCUT2D eigenvalue weighted by atomic mass is 32.2. The lowest BCUT2D eigenvalue weighted by Gasteiger charge is -2.25. The number of rotatable bonds is 2. The van der Waals surface area contributed by atoms with Crippen LogP contribution in [0.25, 0.3) is 0 Å². The van der Waals surface area contributed by atoms with E-state index in [4.69, 9.17) is 5.11 Å². The Bertz CT molecular complexity index is 219. The van der Waals surface area contributed by atoms with E-state index < -0.39 is 0 Å². The second-order valence-electron chi connectivity index (χ2n) is 3.78. The van der Waals surface area contributed by atoms with Crippen molar-refractivity contribution in [3.05, 3.63) is 0 Å². The standard InChI is InChI=1S/C9H16N2O2S/c12-4-7-2-1-3-11(7)9(13)8-5-14-6-10-8/h7-8,10,12H,1-6H2. The van der Waals surface area contributed by atoms with E-state index in [1.807, 2.05) is 4.90 Å². The van der Waals surface area contributed by atoms with Gasteiger partial charge in [0.2, 0.25) is 5.91 Å². The van der Waals surface area contributed by atoms with Crippen molar-refractivity contribution < 1.29 is 9.90 Å². The van der Waals surface area contributed by atoms with Crippen LogP contribution >= 0.6 is 11.8 Å². The third kappa shape index (κ3) is 1.89. The van der Waals surface area contributed by atoms with E-state index in [1.54, 1.807) is 11.8 Å². The smallest absolute Gasteiger partial charge is 0.240 e. The molecule has 2 aliphatic heterocycles.